The molecule has 2 amide bonds. The summed E-state index contributed by atoms with van der Waals surface area (Å²) < 4.78 is 5.51. The van der Waals surface area contributed by atoms with Gasteiger partial charge in [0.2, 0.25) is 16.6 Å². The summed E-state index contributed by atoms with van der Waals surface area (Å²) in [5.74, 6) is -2.83. The number of nitrogens with zero attached hydrogens (tertiary/aromatic N) is 1. The van der Waals surface area contributed by atoms with E-state index < -0.39 is 28.7 Å². The van der Waals surface area contributed by atoms with Gasteiger partial charge in [-0.3, -0.25) is 19.3 Å². The molecule has 8 nitrogen and oxygen atoms in total. The van der Waals surface area contributed by atoms with Crippen molar-refractivity contribution >= 4 is 34.7 Å². The number of aliphatic carboxylic acids is 1. The topological polar surface area (TPSA) is 113 Å². The first-order valence-electron chi connectivity index (χ1n) is 8.89. The molecule has 0 saturated carbocycles. The zero-order valence-corrected chi connectivity index (χ0v) is 15.6. The summed E-state index contributed by atoms with van der Waals surface area (Å²) in [7, 11) is 0. The minimum atomic E-state index is -2.15. The minimum Gasteiger partial charge on any atom is -0.479 e. The number of hydrogen-bond donors (Lipinski definition) is 2. The van der Waals surface area contributed by atoms with E-state index in [0.29, 0.717) is 24.2 Å². The number of carboxylic acids is 1. The highest BCUT2D eigenvalue weighted by molar-refractivity contribution is 8.14. The van der Waals surface area contributed by atoms with Crippen LogP contribution in [0, 0.1) is 0 Å². The Labute approximate surface area is 164 Å². The van der Waals surface area contributed by atoms with E-state index in [9.17, 15) is 24.3 Å². The lowest BCUT2D eigenvalue weighted by molar-refractivity contribution is -0.169. The van der Waals surface area contributed by atoms with E-state index in [1.54, 1.807) is 30.3 Å². The van der Waals surface area contributed by atoms with Crippen molar-refractivity contribution in [3.05, 3.63) is 47.7 Å². The second kappa shape index (κ2) is 7.06. The number of hydrogen-bond acceptors (Lipinski definition) is 6. The van der Waals surface area contributed by atoms with Gasteiger partial charge in [0.05, 0.1) is 18.1 Å². The van der Waals surface area contributed by atoms with Gasteiger partial charge in [-0.05, 0) is 18.4 Å². The second-order valence-electron chi connectivity index (χ2n) is 6.88. The van der Waals surface area contributed by atoms with Gasteiger partial charge in [0.1, 0.15) is 5.37 Å². The van der Waals surface area contributed by atoms with Gasteiger partial charge >= 0.3 is 5.97 Å². The van der Waals surface area contributed by atoms with Crippen molar-refractivity contribution in [1.82, 2.24) is 10.2 Å². The molecular weight excluding hydrogens is 384 g/mol. The van der Waals surface area contributed by atoms with Crippen molar-refractivity contribution in [2.45, 2.75) is 36.3 Å². The lowest BCUT2D eigenvalue weighted by Crippen LogP contribution is -2.82. The summed E-state index contributed by atoms with van der Waals surface area (Å²) in [6, 6.07) is 8.79. The molecule has 146 valence electrons. The number of carboxylic acid groups (broad SMARTS) is 1. The average Bonchev–Trinajstić information content (AvgIpc) is 3.20. The molecule has 2 fully saturated rings. The maximum absolute atomic E-state index is 12.7. The molecule has 1 aromatic carbocycles. The van der Waals surface area contributed by atoms with Crippen LogP contribution in [0.25, 0.3) is 0 Å². The number of amides is 2. The minimum absolute atomic E-state index is 0.0640. The van der Waals surface area contributed by atoms with Crippen LogP contribution in [0.5, 0.6) is 0 Å². The molecule has 0 aromatic heterocycles. The van der Waals surface area contributed by atoms with Gasteiger partial charge in [0.25, 0.3) is 5.91 Å². The number of β-lactam (4-membered cyclic amide) rings is 1. The van der Waals surface area contributed by atoms with E-state index >= 15 is 0 Å². The van der Waals surface area contributed by atoms with Crippen LogP contribution in [0.2, 0.25) is 0 Å². The van der Waals surface area contributed by atoms with E-state index in [4.69, 9.17) is 4.74 Å². The molecule has 9 heteroatoms. The highest BCUT2D eigenvalue weighted by atomic mass is 32.2. The zero-order valence-electron chi connectivity index (χ0n) is 14.8. The van der Waals surface area contributed by atoms with Crippen molar-refractivity contribution in [3.8, 4) is 0 Å². The van der Waals surface area contributed by atoms with Crippen molar-refractivity contribution in [2.24, 2.45) is 0 Å². The molecule has 0 spiro atoms. The van der Waals surface area contributed by atoms with Crippen LogP contribution in [0.4, 0.5) is 0 Å². The van der Waals surface area contributed by atoms with Gasteiger partial charge in [0.15, 0.2) is 0 Å². The first-order valence-corrected chi connectivity index (χ1v) is 9.77. The number of nitrogens with one attached hydrogen (secondary N) is 1. The molecule has 3 atom stereocenters. The van der Waals surface area contributed by atoms with E-state index in [2.05, 4.69) is 5.32 Å². The molecule has 28 heavy (non-hydrogen) atoms. The molecule has 3 heterocycles. The summed E-state index contributed by atoms with van der Waals surface area (Å²) in [4.78, 5) is 50.9. The number of ether oxygens (including phenoxy) is 1. The quantitative estimate of drug-likeness (QED) is 0.550. The number of fused-ring (bicyclic) bond motifs is 1. The first kappa shape index (κ1) is 18.7. The fourth-order valence-corrected chi connectivity index (χ4v) is 4.88. The number of benzene rings is 1. The molecule has 0 bridgehead atoms. The number of rotatable bonds is 5. The molecule has 2 saturated heterocycles. The van der Waals surface area contributed by atoms with Gasteiger partial charge in [0, 0.05) is 12.8 Å². The van der Waals surface area contributed by atoms with Crippen molar-refractivity contribution in [1.29, 1.82) is 0 Å². The largest absolute Gasteiger partial charge is 0.479 e. The molecule has 2 N–H and O–H groups in total. The average molecular weight is 402 g/mol. The van der Waals surface area contributed by atoms with Gasteiger partial charge in [-0.1, -0.05) is 42.1 Å². The summed E-state index contributed by atoms with van der Waals surface area (Å²) in [5.41, 5.74) is -1.09. The predicted octanol–water partition coefficient (Wildman–Crippen LogP) is 0.673. The predicted molar refractivity (Wildman–Crippen MR) is 98.9 cm³/mol. The highest BCUT2D eigenvalue weighted by Gasteiger charge is 2.69. The van der Waals surface area contributed by atoms with Gasteiger partial charge in [-0.2, -0.15) is 0 Å². The zero-order chi connectivity index (χ0) is 19.9. The van der Waals surface area contributed by atoms with E-state index in [1.165, 1.54) is 11.1 Å². The molecule has 1 aromatic rings. The molecule has 0 aliphatic carbocycles. The number of thioether (sulfide) groups is 1. The van der Waals surface area contributed by atoms with Gasteiger partial charge in [-0.25, -0.2) is 4.79 Å². The summed E-state index contributed by atoms with van der Waals surface area (Å²) in [5, 5.41) is 10.8. The molecule has 3 aliphatic rings. The van der Waals surface area contributed by atoms with Crippen LogP contribution in [0.15, 0.2) is 42.1 Å². The Balaban J connectivity index is 1.55. The fourth-order valence-electron chi connectivity index (χ4n) is 3.65. The van der Waals surface area contributed by atoms with Crippen molar-refractivity contribution < 1.29 is 29.0 Å². The maximum Gasteiger partial charge on any atom is 0.342 e. The standard InChI is InChI=1S/C19H18N2O6S/c22-14(9-11-5-2-1-3-6-11)20-19(18(25)26)16(24)21-10-12(13-7-4-8-27-13)15(23)28-17(19)21/h1-3,5-6,10,13,17H,4,7-9H2,(H,20,22)(H,25,26)/t13?,17-,19+/m1/s1. The van der Waals surface area contributed by atoms with Gasteiger partial charge in [-0.15, -0.1) is 0 Å². The lowest BCUT2D eigenvalue weighted by atomic mass is 9.87. The molecule has 0 radical (unpaired) electrons. The number of carbonyl (C=O) groups is 4. The van der Waals surface area contributed by atoms with Crippen molar-refractivity contribution in [2.75, 3.05) is 6.61 Å². The smallest absolute Gasteiger partial charge is 0.342 e. The Hall–Kier alpha value is -2.65. The number of carbonyl (C=O) groups excluding carboxylic acids is 3. The normalized spacial score (nSPS) is 29.0. The Morgan fingerprint density at radius 3 is 2.68 bits per heavy atom. The maximum atomic E-state index is 12.7. The SMILES string of the molecule is O=C(Cc1ccccc1)N[C@@]1(C(=O)O)C(=O)N2C=C(C3CCCO3)C(=O)S[C@@H]21. The monoisotopic (exact) mass is 402 g/mol. The Morgan fingerprint density at radius 1 is 1.29 bits per heavy atom. The van der Waals surface area contributed by atoms with Crippen LogP contribution >= 0.6 is 11.8 Å². The van der Waals surface area contributed by atoms with Gasteiger partial charge < -0.3 is 15.2 Å². The van der Waals surface area contributed by atoms with Crippen LogP contribution in [0.3, 0.4) is 0 Å². The van der Waals surface area contributed by atoms with E-state index in [0.717, 1.165) is 18.2 Å². The van der Waals surface area contributed by atoms with Crippen molar-refractivity contribution in [3.63, 3.8) is 0 Å². The molecule has 3 aliphatic heterocycles. The van der Waals surface area contributed by atoms with Crippen LogP contribution in [-0.2, 0) is 30.3 Å². The second-order valence-corrected chi connectivity index (χ2v) is 7.93. The lowest BCUT2D eigenvalue weighted by Gasteiger charge is -2.52. The fraction of sp³-hybridized carbons (Fsp3) is 0.368. The van der Waals surface area contributed by atoms with E-state index in [1.807, 2.05) is 0 Å². The summed E-state index contributed by atoms with van der Waals surface area (Å²) in [6.07, 6.45) is 2.45. The third kappa shape index (κ3) is 2.91. The Bertz CT molecular complexity index is 880. The Morgan fingerprint density at radius 2 is 2.04 bits per heavy atom. The molecule has 1 unspecified atom stereocenters. The molecular formula is C19H18N2O6S. The third-order valence-electron chi connectivity index (χ3n) is 5.09. The summed E-state index contributed by atoms with van der Waals surface area (Å²) >= 11 is 0.741. The Kier molecular flexibility index (Phi) is 4.72. The van der Waals surface area contributed by atoms with E-state index in [-0.39, 0.29) is 17.6 Å². The van der Waals surface area contributed by atoms with Crippen LogP contribution < -0.4 is 5.32 Å². The third-order valence-corrected chi connectivity index (χ3v) is 6.34. The molecule has 4 rings (SSSR count). The highest BCUT2D eigenvalue weighted by Crippen LogP contribution is 2.45. The first-order chi connectivity index (χ1) is 13.4. The summed E-state index contributed by atoms with van der Waals surface area (Å²) in [6.45, 7) is 0.548. The van der Waals surface area contributed by atoms with Crippen LogP contribution in [0.1, 0.15) is 18.4 Å². The van der Waals surface area contributed by atoms with Crippen LogP contribution in [-0.4, -0.2) is 56.5 Å².